The second kappa shape index (κ2) is 70.1. The second-order valence-corrected chi connectivity index (χ2v) is 25.6. The van der Waals surface area contributed by atoms with E-state index in [1.165, 1.54) is 347 Å². The van der Waals surface area contributed by atoms with Crippen LogP contribution >= 0.6 is 0 Å². The Hall–Kier alpha value is -1.40. The molecule has 0 aromatic heterocycles. The van der Waals surface area contributed by atoms with Crippen LogP contribution in [0, 0.1) is 0 Å². The number of hydrogen-bond donors (Lipinski definition) is 3. The van der Waals surface area contributed by atoms with Crippen LogP contribution in [-0.2, 0) is 14.3 Å². The Labute approximate surface area is 501 Å². The van der Waals surface area contributed by atoms with Gasteiger partial charge >= 0.3 is 5.97 Å². The van der Waals surface area contributed by atoms with Gasteiger partial charge in [-0.05, 0) is 51.4 Å². The molecule has 0 radical (unpaired) electrons. The molecule has 6 nitrogen and oxygen atoms in total. The Kier molecular flexibility index (Phi) is 68.9. The minimum absolute atomic E-state index is 0.0168. The molecule has 0 aromatic carbocycles. The van der Waals surface area contributed by atoms with Crippen LogP contribution in [0.3, 0.4) is 0 Å². The Morgan fingerprint density at radius 2 is 0.588 bits per heavy atom. The maximum Gasteiger partial charge on any atom is 0.305 e. The summed E-state index contributed by atoms with van der Waals surface area (Å²) in [5.74, 6) is -0.0117. The van der Waals surface area contributed by atoms with Crippen molar-refractivity contribution in [2.75, 3.05) is 13.2 Å². The van der Waals surface area contributed by atoms with E-state index in [-0.39, 0.29) is 18.5 Å². The molecule has 1 amide bonds. The fourth-order valence-electron chi connectivity index (χ4n) is 11.9. The van der Waals surface area contributed by atoms with Crippen LogP contribution < -0.4 is 5.32 Å². The number of aliphatic hydroxyl groups excluding tert-OH is 2. The van der Waals surface area contributed by atoms with Crippen molar-refractivity contribution in [3.05, 3.63) is 12.2 Å². The standard InChI is InChI=1S/C74H145NO5/c1-3-5-7-9-11-13-15-16-17-42-45-48-52-56-60-64-68-74(79)80-69-65-61-57-53-49-46-43-40-38-36-34-32-30-28-26-24-22-20-18-19-21-23-25-27-29-31-33-35-37-39-41-44-47-51-55-59-63-67-73(78)75-71(70-76)72(77)66-62-58-54-50-14-12-10-8-6-4-2/h17,42,71-72,76-77H,3-16,18-41,43-70H2,1-2H3,(H,75,78)/b42-17-. The molecule has 2 unspecified atom stereocenters. The number of allylic oxidation sites excluding steroid dienone is 2. The zero-order chi connectivity index (χ0) is 57.8. The number of rotatable bonds is 70. The molecule has 0 aliphatic rings. The third kappa shape index (κ3) is 65.7. The predicted molar refractivity (Wildman–Crippen MR) is 352 cm³/mol. The molecule has 0 aliphatic carbocycles. The molecule has 0 fully saturated rings. The monoisotopic (exact) mass is 1130 g/mol. The second-order valence-electron chi connectivity index (χ2n) is 25.6. The predicted octanol–water partition coefficient (Wildman–Crippen LogP) is 23.9. The highest BCUT2D eigenvalue weighted by Gasteiger charge is 2.20. The first-order valence-electron chi connectivity index (χ1n) is 36.9. The van der Waals surface area contributed by atoms with Gasteiger partial charge in [0.15, 0.2) is 0 Å². The number of aliphatic hydroxyl groups is 2. The molecule has 0 saturated carbocycles. The summed E-state index contributed by atoms with van der Waals surface area (Å²) in [4.78, 5) is 24.5. The highest BCUT2D eigenvalue weighted by Crippen LogP contribution is 2.20. The van der Waals surface area contributed by atoms with Crippen molar-refractivity contribution in [1.29, 1.82) is 0 Å². The number of carbonyl (C=O) groups excluding carboxylic acids is 2. The summed E-state index contributed by atoms with van der Waals surface area (Å²) in [6.07, 6.45) is 87.3. The summed E-state index contributed by atoms with van der Waals surface area (Å²) in [6.45, 7) is 4.97. The van der Waals surface area contributed by atoms with Gasteiger partial charge in [-0.2, -0.15) is 0 Å². The summed E-state index contributed by atoms with van der Waals surface area (Å²) >= 11 is 0. The maximum atomic E-state index is 12.5. The molecule has 0 saturated heterocycles. The van der Waals surface area contributed by atoms with Gasteiger partial charge in [-0.1, -0.05) is 373 Å². The van der Waals surface area contributed by atoms with Gasteiger partial charge in [0.2, 0.25) is 5.91 Å². The fraction of sp³-hybridized carbons (Fsp3) is 0.946. The summed E-state index contributed by atoms with van der Waals surface area (Å²) in [6, 6.07) is -0.534. The summed E-state index contributed by atoms with van der Waals surface area (Å²) in [5.41, 5.74) is 0. The van der Waals surface area contributed by atoms with Gasteiger partial charge in [-0.3, -0.25) is 9.59 Å². The van der Waals surface area contributed by atoms with Crippen molar-refractivity contribution < 1.29 is 24.5 Å². The van der Waals surface area contributed by atoms with Gasteiger partial charge in [0, 0.05) is 12.8 Å². The Bertz CT molecular complexity index is 1210. The highest BCUT2D eigenvalue weighted by atomic mass is 16.5. The van der Waals surface area contributed by atoms with Crippen LogP contribution in [0.15, 0.2) is 12.2 Å². The Morgan fingerprint density at radius 3 is 0.887 bits per heavy atom. The van der Waals surface area contributed by atoms with Crippen molar-refractivity contribution in [3.8, 4) is 0 Å². The van der Waals surface area contributed by atoms with Crippen molar-refractivity contribution in [3.63, 3.8) is 0 Å². The molecule has 80 heavy (non-hydrogen) atoms. The molecular formula is C74H145NO5. The van der Waals surface area contributed by atoms with E-state index in [0.717, 1.165) is 44.9 Å². The van der Waals surface area contributed by atoms with Crippen LogP contribution in [0.25, 0.3) is 0 Å². The number of hydrogen-bond acceptors (Lipinski definition) is 5. The average molecular weight is 1130 g/mol. The van der Waals surface area contributed by atoms with Gasteiger partial charge in [0.05, 0.1) is 25.4 Å². The van der Waals surface area contributed by atoms with Crippen molar-refractivity contribution in [2.45, 2.75) is 437 Å². The van der Waals surface area contributed by atoms with Crippen LogP contribution in [-0.4, -0.2) is 47.4 Å². The maximum absolute atomic E-state index is 12.5. The summed E-state index contributed by atoms with van der Waals surface area (Å²) in [5, 5.41) is 23.2. The van der Waals surface area contributed by atoms with Crippen LogP contribution in [0.1, 0.15) is 425 Å². The van der Waals surface area contributed by atoms with Gasteiger partial charge in [-0.25, -0.2) is 0 Å². The first kappa shape index (κ1) is 78.6. The molecule has 0 aliphatic heterocycles. The molecular weight excluding hydrogens is 983 g/mol. The number of carbonyl (C=O) groups is 2. The minimum atomic E-state index is -0.657. The van der Waals surface area contributed by atoms with E-state index in [9.17, 15) is 19.8 Å². The number of amides is 1. The number of esters is 1. The summed E-state index contributed by atoms with van der Waals surface area (Å²) in [7, 11) is 0. The average Bonchev–Trinajstić information content (AvgIpc) is 3.46. The highest BCUT2D eigenvalue weighted by molar-refractivity contribution is 5.76. The molecule has 0 aromatic rings. The van der Waals surface area contributed by atoms with Gasteiger partial charge in [0.1, 0.15) is 0 Å². The lowest BCUT2D eigenvalue weighted by Gasteiger charge is -2.22. The molecule has 0 rings (SSSR count). The van der Waals surface area contributed by atoms with Gasteiger partial charge < -0.3 is 20.3 Å². The lowest BCUT2D eigenvalue weighted by atomic mass is 10.0. The molecule has 0 bridgehead atoms. The van der Waals surface area contributed by atoms with Gasteiger partial charge in [-0.15, -0.1) is 0 Å². The number of ether oxygens (including phenoxy) is 1. The SMILES string of the molecule is CCCCCCCCC/C=C\CCCCCCCC(=O)OCCCCCCCCCCCCCCCCCCCCCCCCCCCCCCCCCCCCCCCC(=O)NC(CO)C(O)CCCCCCCCCCCC. The molecule has 0 heterocycles. The van der Waals surface area contributed by atoms with Crippen molar-refractivity contribution in [1.82, 2.24) is 5.32 Å². The topological polar surface area (TPSA) is 95.9 Å². The lowest BCUT2D eigenvalue weighted by molar-refractivity contribution is -0.143. The number of unbranched alkanes of at least 4 members (excludes halogenated alkanes) is 57. The van der Waals surface area contributed by atoms with E-state index in [0.29, 0.717) is 25.9 Å². The van der Waals surface area contributed by atoms with E-state index in [4.69, 9.17) is 4.74 Å². The molecule has 3 N–H and O–H groups in total. The molecule has 2 atom stereocenters. The third-order valence-electron chi connectivity index (χ3n) is 17.6. The van der Waals surface area contributed by atoms with Crippen molar-refractivity contribution >= 4 is 11.9 Å². The van der Waals surface area contributed by atoms with Crippen molar-refractivity contribution in [2.24, 2.45) is 0 Å². The Morgan fingerprint density at radius 1 is 0.338 bits per heavy atom. The molecule has 476 valence electrons. The quantitative estimate of drug-likeness (QED) is 0.0320. The minimum Gasteiger partial charge on any atom is -0.466 e. The largest absolute Gasteiger partial charge is 0.466 e. The first-order chi connectivity index (χ1) is 39.5. The molecule has 6 heteroatoms. The third-order valence-corrected chi connectivity index (χ3v) is 17.6. The van der Waals surface area contributed by atoms with Crippen LogP contribution in [0.5, 0.6) is 0 Å². The van der Waals surface area contributed by atoms with E-state index < -0.39 is 12.1 Å². The summed E-state index contributed by atoms with van der Waals surface area (Å²) < 4.78 is 5.50. The zero-order valence-corrected chi connectivity index (χ0v) is 54.6. The van der Waals surface area contributed by atoms with E-state index >= 15 is 0 Å². The van der Waals surface area contributed by atoms with E-state index in [1.54, 1.807) is 0 Å². The van der Waals surface area contributed by atoms with Gasteiger partial charge in [0.25, 0.3) is 0 Å². The number of nitrogens with one attached hydrogen (secondary N) is 1. The smallest absolute Gasteiger partial charge is 0.305 e. The van der Waals surface area contributed by atoms with Crippen LogP contribution in [0.2, 0.25) is 0 Å². The lowest BCUT2D eigenvalue weighted by Crippen LogP contribution is -2.45. The zero-order valence-electron chi connectivity index (χ0n) is 54.6. The van der Waals surface area contributed by atoms with E-state index in [1.807, 2.05) is 0 Å². The van der Waals surface area contributed by atoms with E-state index in [2.05, 4.69) is 31.3 Å². The fourth-order valence-corrected chi connectivity index (χ4v) is 11.9. The van der Waals surface area contributed by atoms with Crippen LogP contribution in [0.4, 0.5) is 0 Å². The molecule has 0 spiro atoms. The Balaban J connectivity index is 3.26. The normalized spacial score (nSPS) is 12.5. The first-order valence-corrected chi connectivity index (χ1v) is 36.9.